The van der Waals surface area contributed by atoms with E-state index in [4.69, 9.17) is 4.99 Å². The van der Waals surface area contributed by atoms with Gasteiger partial charge in [-0.3, -0.25) is 9.79 Å². The van der Waals surface area contributed by atoms with Gasteiger partial charge in [-0.2, -0.15) is 13.2 Å². The Morgan fingerprint density at radius 3 is 2.51 bits per heavy atom. The van der Waals surface area contributed by atoms with Crippen LogP contribution in [0.2, 0.25) is 0 Å². The van der Waals surface area contributed by atoms with Gasteiger partial charge in [0.05, 0.1) is 5.69 Å². The summed E-state index contributed by atoms with van der Waals surface area (Å²) >= 11 is 3.40. The number of alkyl halides is 3. The monoisotopic (exact) mass is 579 g/mol. The third kappa shape index (κ3) is 4.87. The van der Waals surface area contributed by atoms with Crippen molar-refractivity contribution < 1.29 is 22.4 Å². The highest BCUT2D eigenvalue weighted by Crippen LogP contribution is 2.43. The standard InChI is InChI=1S/C26H26BrF4N5O/c27-15-11-19(28)18(13-32-16-3-4-16)20(12-15)36-9-7-25(8-10-36)24(37)34-23(35-25)17-5-6-21(26(29,30)31)33-22(17)14-1-2-14/h5-6,11-12,14,16,32H,1-4,7-10,13H2,(H,34,35,37). The van der Waals surface area contributed by atoms with Gasteiger partial charge in [0, 0.05) is 52.9 Å². The Morgan fingerprint density at radius 2 is 1.86 bits per heavy atom. The minimum absolute atomic E-state index is 0.0515. The zero-order valence-corrected chi connectivity index (χ0v) is 21.6. The number of carbonyl (C=O) groups is 1. The van der Waals surface area contributed by atoms with Gasteiger partial charge in [0.2, 0.25) is 0 Å². The van der Waals surface area contributed by atoms with Gasteiger partial charge in [0.1, 0.15) is 22.9 Å². The molecule has 0 bridgehead atoms. The molecule has 2 N–H and O–H groups in total. The summed E-state index contributed by atoms with van der Waals surface area (Å²) in [6.45, 7) is 1.43. The largest absolute Gasteiger partial charge is 0.433 e. The van der Waals surface area contributed by atoms with Crippen LogP contribution in [0, 0.1) is 5.82 Å². The molecule has 2 aliphatic heterocycles. The number of benzene rings is 1. The van der Waals surface area contributed by atoms with Crippen LogP contribution in [-0.4, -0.2) is 41.4 Å². The topological polar surface area (TPSA) is 69.6 Å². The highest BCUT2D eigenvalue weighted by Gasteiger charge is 2.47. The Morgan fingerprint density at radius 1 is 1.14 bits per heavy atom. The fourth-order valence-corrected chi connectivity index (χ4v) is 5.60. The molecule has 37 heavy (non-hydrogen) atoms. The van der Waals surface area contributed by atoms with Crippen molar-refractivity contribution in [2.45, 2.75) is 68.7 Å². The summed E-state index contributed by atoms with van der Waals surface area (Å²) in [4.78, 5) is 23.9. The number of pyridine rings is 1. The molecule has 11 heteroatoms. The molecule has 2 aliphatic carbocycles. The van der Waals surface area contributed by atoms with E-state index in [-0.39, 0.29) is 17.6 Å². The van der Waals surface area contributed by atoms with Crippen molar-refractivity contribution in [2.75, 3.05) is 18.0 Å². The minimum Gasteiger partial charge on any atom is -0.371 e. The van der Waals surface area contributed by atoms with Gasteiger partial charge in [0.25, 0.3) is 5.91 Å². The summed E-state index contributed by atoms with van der Waals surface area (Å²) in [5.74, 6) is -0.284. The molecule has 1 saturated heterocycles. The molecule has 196 valence electrons. The van der Waals surface area contributed by atoms with Crippen LogP contribution in [0.15, 0.2) is 33.7 Å². The maximum atomic E-state index is 14.9. The number of hydrogen-bond donors (Lipinski definition) is 2. The van der Waals surface area contributed by atoms with E-state index >= 15 is 0 Å². The molecular formula is C26H26BrF4N5O. The number of aliphatic imine (C=N–C) groups is 1. The summed E-state index contributed by atoms with van der Waals surface area (Å²) in [6, 6.07) is 6.14. The van der Waals surface area contributed by atoms with E-state index in [0.717, 1.165) is 37.4 Å². The number of aromatic nitrogens is 1. The Balaban J connectivity index is 1.24. The maximum absolute atomic E-state index is 14.9. The van der Waals surface area contributed by atoms with E-state index in [2.05, 4.69) is 36.4 Å². The predicted octanol–water partition coefficient (Wildman–Crippen LogP) is 5.05. The van der Waals surface area contributed by atoms with Crippen LogP contribution in [0.5, 0.6) is 0 Å². The summed E-state index contributed by atoms with van der Waals surface area (Å²) in [7, 11) is 0. The van der Waals surface area contributed by atoms with Gasteiger partial charge in [-0.1, -0.05) is 15.9 Å². The molecule has 1 amide bonds. The Kier molecular flexibility index (Phi) is 6.06. The molecule has 0 atom stereocenters. The van der Waals surface area contributed by atoms with Crippen molar-refractivity contribution >= 4 is 33.4 Å². The number of anilines is 1. The van der Waals surface area contributed by atoms with Crippen molar-refractivity contribution in [3.8, 4) is 0 Å². The lowest BCUT2D eigenvalue weighted by molar-refractivity contribution is -0.141. The summed E-state index contributed by atoms with van der Waals surface area (Å²) in [6.07, 6.45) is 0.0408. The summed E-state index contributed by atoms with van der Waals surface area (Å²) < 4.78 is 55.3. The molecule has 2 saturated carbocycles. The Hall–Kier alpha value is -2.53. The van der Waals surface area contributed by atoms with E-state index in [1.54, 1.807) is 0 Å². The molecule has 0 unspecified atom stereocenters. The van der Waals surface area contributed by atoms with Crippen LogP contribution in [0.1, 0.15) is 67.0 Å². The van der Waals surface area contributed by atoms with Crippen molar-refractivity contribution in [1.29, 1.82) is 0 Å². The second-order valence-corrected chi connectivity index (χ2v) is 11.3. The first-order chi connectivity index (χ1) is 17.6. The fourth-order valence-electron chi connectivity index (χ4n) is 5.18. The average molecular weight is 580 g/mol. The third-order valence-electron chi connectivity index (χ3n) is 7.63. The van der Waals surface area contributed by atoms with Crippen molar-refractivity contribution in [1.82, 2.24) is 15.6 Å². The lowest BCUT2D eigenvalue weighted by atomic mass is 9.87. The van der Waals surface area contributed by atoms with Gasteiger partial charge in [-0.05, 0) is 62.8 Å². The molecule has 4 aliphatic rings. The van der Waals surface area contributed by atoms with Crippen LogP contribution in [-0.2, 0) is 17.5 Å². The van der Waals surface area contributed by atoms with Gasteiger partial charge >= 0.3 is 6.18 Å². The first-order valence-electron chi connectivity index (χ1n) is 12.6. The van der Waals surface area contributed by atoms with Crippen LogP contribution in [0.25, 0.3) is 0 Å². The highest BCUT2D eigenvalue weighted by atomic mass is 79.9. The Labute approximate surface area is 220 Å². The van der Waals surface area contributed by atoms with Crippen LogP contribution in [0.3, 0.4) is 0 Å². The molecule has 1 aromatic carbocycles. The number of hydrogen-bond acceptors (Lipinski definition) is 5. The number of amidine groups is 1. The van der Waals surface area contributed by atoms with Gasteiger partial charge in [-0.25, -0.2) is 9.37 Å². The van der Waals surface area contributed by atoms with E-state index < -0.39 is 17.4 Å². The number of amides is 1. The van der Waals surface area contributed by atoms with Crippen molar-refractivity contribution in [3.05, 3.63) is 57.1 Å². The smallest absolute Gasteiger partial charge is 0.371 e. The van der Waals surface area contributed by atoms with Crippen LogP contribution in [0.4, 0.5) is 23.2 Å². The lowest BCUT2D eigenvalue weighted by Crippen LogP contribution is -2.49. The molecule has 6 rings (SSSR count). The number of rotatable bonds is 6. The van der Waals surface area contributed by atoms with E-state index in [9.17, 15) is 22.4 Å². The van der Waals surface area contributed by atoms with Gasteiger partial charge in [-0.15, -0.1) is 0 Å². The van der Waals surface area contributed by atoms with E-state index in [1.165, 1.54) is 12.1 Å². The van der Waals surface area contributed by atoms with E-state index in [1.807, 2.05) is 6.07 Å². The number of halogens is 5. The maximum Gasteiger partial charge on any atom is 0.433 e. The molecule has 6 nitrogen and oxygen atoms in total. The minimum atomic E-state index is -4.53. The first-order valence-corrected chi connectivity index (χ1v) is 13.4. The van der Waals surface area contributed by atoms with Gasteiger partial charge in [0.15, 0.2) is 0 Å². The molecule has 3 heterocycles. The summed E-state index contributed by atoms with van der Waals surface area (Å²) in [5.41, 5.74) is 0.286. The molecule has 0 radical (unpaired) electrons. The third-order valence-corrected chi connectivity index (χ3v) is 8.09. The normalized spacial score (nSPS) is 21.4. The summed E-state index contributed by atoms with van der Waals surface area (Å²) in [5, 5.41) is 6.21. The second kappa shape index (κ2) is 9.04. The quantitative estimate of drug-likeness (QED) is 0.470. The number of nitrogens with one attached hydrogen (secondary N) is 2. The van der Waals surface area contributed by atoms with Crippen LogP contribution >= 0.6 is 15.9 Å². The molecular weight excluding hydrogens is 554 g/mol. The van der Waals surface area contributed by atoms with E-state index in [0.29, 0.717) is 65.6 Å². The average Bonchev–Trinajstić information content (AvgIpc) is 3.77. The van der Waals surface area contributed by atoms with Crippen LogP contribution < -0.4 is 15.5 Å². The zero-order chi connectivity index (χ0) is 25.9. The molecule has 1 spiro atoms. The van der Waals surface area contributed by atoms with Gasteiger partial charge < -0.3 is 15.5 Å². The second-order valence-electron chi connectivity index (χ2n) is 10.4. The highest BCUT2D eigenvalue weighted by molar-refractivity contribution is 9.10. The molecule has 1 aromatic heterocycles. The molecule has 3 fully saturated rings. The number of carbonyl (C=O) groups excluding carboxylic acids is 1. The van der Waals surface area contributed by atoms with Crippen molar-refractivity contribution in [3.63, 3.8) is 0 Å². The molecule has 2 aromatic rings. The number of nitrogens with zero attached hydrogens (tertiary/aromatic N) is 3. The lowest BCUT2D eigenvalue weighted by Gasteiger charge is -2.38. The zero-order valence-electron chi connectivity index (χ0n) is 20.0. The SMILES string of the molecule is O=C1NC(c2ccc(C(F)(F)F)nc2C2CC2)=NC12CCN(c1cc(Br)cc(F)c1CNC1CC1)CC2. The van der Waals surface area contributed by atoms with Crippen molar-refractivity contribution in [2.24, 2.45) is 4.99 Å². The first kappa shape index (κ1) is 24.8. The fraction of sp³-hybridized carbons (Fsp3) is 0.500. The predicted molar refractivity (Wildman–Crippen MR) is 134 cm³/mol. The Bertz CT molecular complexity index is 1280. The number of piperidine rings is 1.